The van der Waals surface area contributed by atoms with Crippen LogP contribution in [0, 0.1) is 17.6 Å². The zero-order valence-corrected chi connectivity index (χ0v) is 15.2. The molecule has 25 heavy (non-hydrogen) atoms. The van der Waals surface area contributed by atoms with Crippen molar-refractivity contribution in [3.63, 3.8) is 0 Å². The molecule has 6 heteroatoms. The van der Waals surface area contributed by atoms with Crippen LogP contribution in [0.4, 0.5) is 8.78 Å². The average molecular weight is 349 g/mol. The summed E-state index contributed by atoms with van der Waals surface area (Å²) in [5, 5.41) is 4.32. The Bertz CT molecular complexity index is 783. The highest BCUT2D eigenvalue weighted by Gasteiger charge is 2.15. The van der Waals surface area contributed by atoms with E-state index in [1.807, 2.05) is 27.7 Å². The van der Waals surface area contributed by atoms with Crippen molar-refractivity contribution in [2.45, 2.75) is 40.8 Å². The van der Waals surface area contributed by atoms with E-state index in [1.54, 1.807) is 6.07 Å². The predicted molar refractivity (Wildman–Crippen MR) is 95.3 cm³/mol. The SMILES string of the molecule is CCN(CC)Cc1cc(-c2ccc(F)cc2F)nn(CC(C)C)c1=O. The van der Waals surface area contributed by atoms with Gasteiger partial charge in [0.1, 0.15) is 11.6 Å². The molecular weight excluding hydrogens is 324 g/mol. The molecule has 0 aliphatic carbocycles. The topological polar surface area (TPSA) is 38.1 Å². The molecule has 0 saturated heterocycles. The summed E-state index contributed by atoms with van der Waals surface area (Å²) >= 11 is 0. The first-order chi connectivity index (χ1) is 11.8. The predicted octanol–water partition coefficient (Wildman–Crippen LogP) is 3.69. The second-order valence-electron chi connectivity index (χ2n) is 6.52. The summed E-state index contributed by atoms with van der Waals surface area (Å²) in [7, 11) is 0. The lowest BCUT2D eigenvalue weighted by Crippen LogP contribution is -2.32. The van der Waals surface area contributed by atoms with Gasteiger partial charge in [-0.1, -0.05) is 27.7 Å². The van der Waals surface area contributed by atoms with Crippen molar-refractivity contribution in [2.75, 3.05) is 13.1 Å². The summed E-state index contributed by atoms with van der Waals surface area (Å²) in [6.45, 7) is 10.6. The van der Waals surface area contributed by atoms with E-state index in [0.29, 0.717) is 24.3 Å². The van der Waals surface area contributed by atoms with Gasteiger partial charge < -0.3 is 0 Å². The van der Waals surface area contributed by atoms with Gasteiger partial charge in [0, 0.05) is 30.3 Å². The third kappa shape index (κ3) is 4.72. The van der Waals surface area contributed by atoms with Gasteiger partial charge in [0.25, 0.3) is 5.56 Å². The van der Waals surface area contributed by atoms with E-state index < -0.39 is 11.6 Å². The lowest BCUT2D eigenvalue weighted by molar-refractivity contribution is 0.292. The van der Waals surface area contributed by atoms with Crippen molar-refractivity contribution < 1.29 is 8.78 Å². The highest BCUT2D eigenvalue weighted by Crippen LogP contribution is 2.22. The second-order valence-corrected chi connectivity index (χ2v) is 6.52. The Morgan fingerprint density at radius 3 is 2.40 bits per heavy atom. The Hall–Kier alpha value is -2.08. The molecule has 2 aromatic rings. The molecule has 0 aliphatic heterocycles. The lowest BCUT2D eigenvalue weighted by atomic mass is 10.1. The van der Waals surface area contributed by atoms with Crippen molar-refractivity contribution in [1.82, 2.24) is 14.7 Å². The van der Waals surface area contributed by atoms with Gasteiger partial charge in [0.05, 0.1) is 5.69 Å². The minimum atomic E-state index is -0.684. The summed E-state index contributed by atoms with van der Waals surface area (Å²) in [6.07, 6.45) is 0. The molecule has 0 aliphatic rings. The standard InChI is InChI=1S/C19H25F2N3O/c1-5-23(6-2)12-14-9-18(16-8-7-15(20)10-17(16)21)22-24(19(14)25)11-13(3)4/h7-10,13H,5-6,11-12H2,1-4H3. The molecule has 0 radical (unpaired) electrons. The Kier molecular flexibility index (Phi) is 6.42. The molecule has 1 aromatic carbocycles. The van der Waals surface area contributed by atoms with Crippen LogP contribution in [0.15, 0.2) is 29.1 Å². The summed E-state index contributed by atoms with van der Waals surface area (Å²) in [5.74, 6) is -1.10. The van der Waals surface area contributed by atoms with Gasteiger partial charge in [-0.2, -0.15) is 5.10 Å². The molecule has 2 rings (SSSR count). The maximum Gasteiger partial charge on any atom is 0.271 e. The molecule has 0 atom stereocenters. The third-order valence-electron chi connectivity index (χ3n) is 4.08. The number of hydrogen-bond donors (Lipinski definition) is 0. The molecule has 0 amide bonds. The van der Waals surface area contributed by atoms with Crippen molar-refractivity contribution in [3.8, 4) is 11.3 Å². The van der Waals surface area contributed by atoms with Crippen molar-refractivity contribution in [2.24, 2.45) is 5.92 Å². The first-order valence-electron chi connectivity index (χ1n) is 8.64. The van der Waals surface area contributed by atoms with Crippen LogP contribution in [0.25, 0.3) is 11.3 Å². The smallest absolute Gasteiger partial charge is 0.271 e. The van der Waals surface area contributed by atoms with Crippen LogP contribution in [-0.2, 0) is 13.1 Å². The van der Waals surface area contributed by atoms with E-state index >= 15 is 0 Å². The maximum atomic E-state index is 14.2. The highest BCUT2D eigenvalue weighted by atomic mass is 19.1. The fraction of sp³-hybridized carbons (Fsp3) is 0.474. The van der Waals surface area contributed by atoms with E-state index in [9.17, 15) is 13.6 Å². The Balaban J connectivity index is 2.57. The monoisotopic (exact) mass is 349 g/mol. The van der Waals surface area contributed by atoms with Gasteiger partial charge in [-0.25, -0.2) is 13.5 Å². The van der Waals surface area contributed by atoms with E-state index in [2.05, 4.69) is 10.00 Å². The fourth-order valence-corrected chi connectivity index (χ4v) is 2.70. The first kappa shape index (κ1) is 19.2. The Morgan fingerprint density at radius 1 is 1.16 bits per heavy atom. The molecule has 4 nitrogen and oxygen atoms in total. The Labute approximate surface area is 147 Å². The van der Waals surface area contributed by atoms with Crippen LogP contribution in [0.2, 0.25) is 0 Å². The van der Waals surface area contributed by atoms with Gasteiger partial charge in [0.2, 0.25) is 0 Å². The van der Waals surface area contributed by atoms with Gasteiger partial charge in [0.15, 0.2) is 0 Å². The Morgan fingerprint density at radius 2 is 1.84 bits per heavy atom. The lowest BCUT2D eigenvalue weighted by Gasteiger charge is -2.19. The molecule has 0 fully saturated rings. The molecule has 1 heterocycles. The van der Waals surface area contributed by atoms with Crippen molar-refractivity contribution >= 4 is 0 Å². The van der Waals surface area contributed by atoms with E-state index in [-0.39, 0.29) is 17.0 Å². The largest absolute Gasteiger partial charge is 0.299 e. The van der Waals surface area contributed by atoms with E-state index in [4.69, 9.17) is 0 Å². The number of nitrogens with zero attached hydrogens (tertiary/aromatic N) is 3. The normalized spacial score (nSPS) is 11.5. The average Bonchev–Trinajstić information content (AvgIpc) is 2.55. The zero-order chi connectivity index (χ0) is 18.6. The van der Waals surface area contributed by atoms with Crippen LogP contribution in [0.3, 0.4) is 0 Å². The van der Waals surface area contributed by atoms with E-state index in [0.717, 1.165) is 19.2 Å². The fourth-order valence-electron chi connectivity index (χ4n) is 2.70. The van der Waals surface area contributed by atoms with Crippen LogP contribution in [-0.4, -0.2) is 27.8 Å². The molecule has 0 bridgehead atoms. The van der Waals surface area contributed by atoms with Gasteiger partial charge >= 0.3 is 0 Å². The number of rotatable bonds is 7. The molecule has 136 valence electrons. The number of aromatic nitrogens is 2. The second kappa shape index (κ2) is 8.34. The van der Waals surface area contributed by atoms with Crippen LogP contribution >= 0.6 is 0 Å². The molecule has 0 unspecified atom stereocenters. The molecular formula is C19H25F2N3O. The van der Waals surface area contributed by atoms with Crippen molar-refractivity contribution in [3.05, 3.63) is 51.8 Å². The molecule has 0 N–H and O–H groups in total. The third-order valence-corrected chi connectivity index (χ3v) is 4.08. The molecule has 0 spiro atoms. The quantitative estimate of drug-likeness (QED) is 0.765. The summed E-state index contributed by atoms with van der Waals surface area (Å²) < 4.78 is 28.8. The van der Waals surface area contributed by atoms with Crippen molar-refractivity contribution in [1.29, 1.82) is 0 Å². The minimum absolute atomic E-state index is 0.160. The van der Waals surface area contributed by atoms with E-state index in [1.165, 1.54) is 16.8 Å². The number of halogens is 2. The van der Waals surface area contributed by atoms with Crippen LogP contribution < -0.4 is 5.56 Å². The summed E-state index contributed by atoms with van der Waals surface area (Å²) in [6, 6.07) is 5.01. The minimum Gasteiger partial charge on any atom is -0.299 e. The van der Waals surface area contributed by atoms with Gasteiger partial charge in [-0.05, 0) is 37.2 Å². The number of hydrogen-bond acceptors (Lipinski definition) is 3. The maximum absolute atomic E-state index is 14.2. The van der Waals surface area contributed by atoms with Crippen LogP contribution in [0.5, 0.6) is 0 Å². The van der Waals surface area contributed by atoms with Crippen LogP contribution in [0.1, 0.15) is 33.3 Å². The summed E-state index contributed by atoms with van der Waals surface area (Å²) in [4.78, 5) is 14.8. The zero-order valence-electron chi connectivity index (χ0n) is 15.2. The van der Waals surface area contributed by atoms with Gasteiger partial charge in [-0.15, -0.1) is 0 Å². The number of benzene rings is 1. The summed E-state index contributed by atoms with van der Waals surface area (Å²) in [5.41, 5.74) is 0.949. The molecule has 1 aromatic heterocycles. The first-order valence-corrected chi connectivity index (χ1v) is 8.64. The molecule has 0 saturated carbocycles. The van der Waals surface area contributed by atoms with Gasteiger partial charge in [-0.3, -0.25) is 9.69 Å². The highest BCUT2D eigenvalue weighted by molar-refractivity contribution is 5.60.